The van der Waals surface area contributed by atoms with Crippen LogP contribution in [0.3, 0.4) is 0 Å². The van der Waals surface area contributed by atoms with E-state index in [0.29, 0.717) is 12.1 Å². The largest absolute Gasteiger partial charge is 0.326 e. The standard InChI is InChI=1S/C15H15N3O3/c1-10-5-6-13(14(7-10)18(20)21)17-15(19)12-4-2-3-11(8-12)9-16/h2-8H,9,16H2,1H3,(H,17,19). The van der Waals surface area contributed by atoms with Crippen molar-refractivity contribution in [3.05, 3.63) is 69.3 Å². The summed E-state index contributed by atoms with van der Waals surface area (Å²) in [4.78, 5) is 22.7. The molecular weight excluding hydrogens is 270 g/mol. The average Bonchev–Trinajstić information content (AvgIpc) is 2.48. The molecule has 0 bridgehead atoms. The highest BCUT2D eigenvalue weighted by Gasteiger charge is 2.16. The Morgan fingerprint density at radius 3 is 2.71 bits per heavy atom. The van der Waals surface area contributed by atoms with Crippen molar-refractivity contribution < 1.29 is 9.72 Å². The number of hydrogen-bond donors (Lipinski definition) is 2. The number of carbonyl (C=O) groups is 1. The van der Waals surface area contributed by atoms with Gasteiger partial charge in [0.15, 0.2) is 0 Å². The number of amides is 1. The Balaban J connectivity index is 2.29. The molecule has 2 aromatic rings. The van der Waals surface area contributed by atoms with Crippen molar-refractivity contribution in [1.29, 1.82) is 0 Å². The summed E-state index contributed by atoms with van der Waals surface area (Å²) in [5.41, 5.74) is 7.56. The van der Waals surface area contributed by atoms with Gasteiger partial charge in [0, 0.05) is 18.2 Å². The lowest BCUT2D eigenvalue weighted by Gasteiger charge is -2.07. The molecule has 0 fully saturated rings. The second kappa shape index (κ2) is 6.15. The molecule has 0 radical (unpaired) electrons. The van der Waals surface area contributed by atoms with E-state index >= 15 is 0 Å². The fraction of sp³-hybridized carbons (Fsp3) is 0.133. The summed E-state index contributed by atoms with van der Waals surface area (Å²) in [6.07, 6.45) is 0. The van der Waals surface area contributed by atoms with Crippen molar-refractivity contribution in [2.45, 2.75) is 13.5 Å². The van der Waals surface area contributed by atoms with Gasteiger partial charge in [-0.2, -0.15) is 0 Å². The van der Waals surface area contributed by atoms with Crippen LogP contribution in [-0.4, -0.2) is 10.8 Å². The molecule has 0 aliphatic rings. The third kappa shape index (κ3) is 3.43. The molecule has 21 heavy (non-hydrogen) atoms. The van der Waals surface area contributed by atoms with Gasteiger partial charge in [-0.05, 0) is 36.2 Å². The number of nitro groups is 1. The molecule has 0 aliphatic carbocycles. The van der Waals surface area contributed by atoms with Gasteiger partial charge in [0.1, 0.15) is 5.69 Å². The Hall–Kier alpha value is -2.73. The Morgan fingerprint density at radius 1 is 1.29 bits per heavy atom. The van der Waals surface area contributed by atoms with Crippen molar-refractivity contribution in [1.82, 2.24) is 0 Å². The number of carbonyl (C=O) groups excluding carboxylic acids is 1. The monoisotopic (exact) mass is 285 g/mol. The van der Waals surface area contributed by atoms with Gasteiger partial charge < -0.3 is 11.1 Å². The molecule has 3 N–H and O–H groups in total. The number of hydrogen-bond acceptors (Lipinski definition) is 4. The summed E-state index contributed by atoms with van der Waals surface area (Å²) in [5.74, 6) is -0.405. The minimum atomic E-state index is -0.515. The number of benzene rings is 2. The van der Waals surface area contributed by atoms with E-state index < -0.39 is 10.8 Å². The van der Waals surface area contributed by atoms with E-state index in [1.54, 1.807) is 31.2 Å². The van der Waals surface area contributed by atoms with Crippen LogP contribution in [0.25, 0.3) is 0 Å². The summed E-state index contributed by atoms with van der Waals surface area (Å²) in [6.45, 7) is 2.08. The second-order valence-corrected chi connectivity index (χ2v) is 4.64. The number of nitrogens with one attached hydrogen (secondary N) is 1. The van der Waals surface area contributed by atoms with E-state index in [0.717, 1.165) is 11.1 Å². The van der Waals surface area contributed by atoms with Crippen molar-refractivity contribution in [3.8, 4) is 0 Å². The Morgan fingerprint density at radius 2 is 2.05 bits per heavy atom. The minimum absolute atomic E-state index is 0.127. The molecule has 0 saturated carbocycles. The predicted octanol–water partition coefficient (Wildman–Crippen LogP) is 2.61. The first-order valence-electron chi connectivity index (χ1n) is 6.36. The van der Waals surface area contributed by atoms with E-state index in [4.69, 9.17) is 5.73 Å². The molecule has 0 unspecified atom stereocenters. The molecule has 0 aliphatic heterocycles. The lowest BCUT2D eigenvalue weighted by molar-refractivity contribution is -0.384. The molecule has 1 amide bonds. The lowest BCUT2D eigenvalue weighted by Crippen LogP contribution is -2.13. The molecule has 6 nitrogen and oxygen atoms in total. The summed E-state index contributed by atoms with van der Waals surface area (Å²) >= 11 is 0. The van der Waals surface area contributed by atoms with E-state index in [2.05, 4.69) is 5.32 Å². The van der Waals surface area contributed by atoms with Crippen LogP contribution in [0, 0.1) is 17.0 Å². The van der Waals surface area contributed by atoms with E-state index in [1.807, 2.05) is 6.07 Å². The first-order chi connectivity index (χ1) is 10.0. The fourth-order valence-corrected chi connectivity index (χ4v) is 1.93. The van der Waals surface area contributed by atoms with Gasteiger partial charge in [0.25, 0.3) is 11.6 Å². The zero-order valence-electron chi connectivity index (χ0n) is 11.5. The molecular formula is C15H15N3O3. The van der Waals surface area contributed by atoms with Crippen LogP contribution in [0.15, 0.2) is 42.5 Å². The number of rotatable bonds is 4. The SMILES string of the molecule is Cc1ccc(NC(=O)c2cccc(CN)c2)c([N+](=O)[O-])c1. The van der Waals surface area contributed by atoms with Crippen LogP contribution >= 0.6 is 0 Å². The second-order valence-electron chi connectivity index (χ2n) is 4.64. The van der Waals surface area contributed by atoms with Crippen LogP contribution in [0.4, 0.5) is 11.4 Å². The third-order valence-electron chi connectivity index (χ3n) is 3.02. The van der Waals surface area contributed by atoms with Crippen LogP contribution in [0.2, 0.25) is 0 Å². The van der Waals surface area contributed by atoms with E-state index in [9.17, 15) is 14.9 Å². The molecule has 2 aromatic carbocycles. The number of nitrogens with two attached hydrogens (primary N) is 1. The maximum Gasteiger partial charge on any atom is 0.293 e. The highest BCUT2D eigenvalue weighted by molar-refractivity contribution is 6.05. The summed E-state index contributed by atoms with van der Waals surface area (Å²) in [7, 11) is 0. The third-order valence-corrected chi connectivity index (χ3v) is 3.02. The van der Waals surface area contributed by atoms with Gasteiger partial charge in [-0.1, -0.05) is 18.2 Å². The van der Waals surface area contributed by atoms with Crippen molar-refractivity contribution >= 4 is 17.3 Å². The topological polar surface area (TPSA) is 98.3 Å². The summed E-state index contributed by atoms with van der Waals surface area (Å²) < 4.78 is 0. The minimum Gasteiger partial charge on any atom is -0.326 e. The molecule has 0 aromatic heterocycles. The smallest absolute Gasteiger partial charge is 0.293 e. The van der Waals surface area contributed by atoms with Gasteiger partial charge in [-0.3, -0.25) is 14.9 Å². The lowest BCUT2D eigenvalue weighted by atomic mass is 10.1. The average molecular weight is 285 g/mol. The zero-order valence-corrected chi connectivity index (χ0v) is 11.5. The maximum absolute atomic E-state index is 12.2. The first-order valence-corrected chi connectivity index (χ1v) is 6.36. The highest BCUT2D eigenvalue weighted by atomic mass is 16.6. The van der Waals surface area contributed by atoms with Crippen LogP contribution < -0.4 is 11.1 Å². The van der Waals surface area contributed by atoms with Crippen LogP contribution in [0.1, 0.15) is 21.5 Å². The Labute approximate surface area is 121 Å². The van der Waals surface area contributed by atoms with Crippen molar-refractivity contribution in [3.63, 3.8) is 0 Å². The molecule has 2 rings (SSSR count). The Kier molecular flexibility index (Phi) is 4.30. The van der Waals surface area contributed by atoms with Crippen molar-refractivity contribution in [2.24, 2.45) is 5.73 Å². The van der Waals surface area contributed by atoms with Crippen LogP contribution in [-0.2, 0) is 6.54 Å². The number of nitro benzene ring substituents is 1. The zero-order chi connectivity index (χ0) is 15.4. The van der Waals surface area contributed by atoms with Crippen molar-refractivity contribution in [2.75, 3.05) is 5.32 Å². The van der Waals surface area contributed by atoms with Gasteiger partial charge >= 0.3 is 0 Å². The molecule has 6 heteroatoms. The molecule has 108 valence electrons. The molecule has 0 atom stereocenters. The number of anilines is 1. The van der Waals surface area contributed by atoms with Gasteiger partial charge in [0.05, 0.1) is 4.92 Å². The van der Waals surface area contributed by atoms with E-state index in [-0.39, 0.29) is 11.4 Å². The predicted molar refractivity (Wildman–Crippen MR) is 80.1 cm³/mol. The van der Waals surface area contributed by atoms with Gasteiger partial charge in [-0.15, -0.1) is 0 Å². The number of nitrogens with zero attached hydrogens (tertiary/aromatic N) is 1. The molecule has 0 spiro atoms. The van der Waals surface area contributed by atoms with Crippen LogP contribution in [0.5, 0.6) is 0 Å². The first kappa shape index (κ1) is 14.7. The highest BCUT2D eigenvalue weighted by Crippen LogP contribution is 2.25. The summed E-state index contributed by atoms with van der Waals surface area (Å²) in [5, 5.41) is 13.6. The molecule has 0 saturated heterocycles. The summed E-state index contributed by atoms with van der Waals surface area (Å²) in [6, 6.07) is 11.5. The Bertz CT molecular complexity index is 698. The maximum atomic E-state index is 12.2. The normalized spacial score (nSPS) is 10.2. The van der Waals surface area contributed by atoms with E-state index in [1.165, 1.54) is 12.1 Å². The quantitative estimate of drug-likeness (QED) is 0.666. The van der Waals surface area contributed by atoms with Gasteiger partial charge in [-0.25, -0.2) is 0 Å². The van der Waals surface area contributed by atoms with Gasteiger partial charge in [0.2, 0.25) is 0 Å². The fourth-order valence-electron chi connectivity index (χ4n) is 1.93. The molecule has 0 heterocycles. The number of aryl methyl sites for hydroxylation is 1.